The van der Waals surface area contributed by atoms with Crippen molar-refractivity contribution in [2.75, 3.05) is 26.9 Å². The summed E-state index contributed by atoms with van der Waals surface area (Å²) in [5.41, 5.74) is 0.557. The van der Waals surface area contributed by atoms with Crippen LogP contribution in [-0.2, 0) is 14.2 Å². The third kappa shape index (κ3) is 12.2. The normalized spacial score (nSPS) is 11.8. The SMILES string of the molecule is CCCCCCCCCOC(=O)c1ccccc1C(=O)OCCC(CCCC)CCOC. The van der Waals surface area contributed by atoms with E-state index in [9.17, 15) is 9.59 Å². The molecule has 1 rings (SSSR count). The molecule has 0 aliphatic rings. The predicted molar refractivity (Wildman–Crippen MR) is 129 cm³/mol. The Hall–Kier alpha value is -1.88. The Labute approximate surface area is 195 Å². The smallest absolute Gasteiger partial charge is 0.339 e. The van der Waals surface area contributed by atoms with Gasteiger partial charge in [0.1, 0.15) is 0 Å². The minimum absolute atomic E-state index is 0.277. The number of carbonyl (C=O) groups is 2. The van der Waals surface area contributed by atoms with Gasteiger partial charge in [-0.15, -0.1) is 0 Å². The van der Waals surface area contributed by atoms with E-state index in [4.69, 9.17) is 14.2 Å². The van der Waals surface area contributed by atoms with E-state index in [1.54, 1.807) is 31.4 Å². The van der Waals surface area contributed by atoms with Gasteiger partial charge in [-0.2, -0.15) is 0 Å². The molecule has 0 radical (unpaired) electrons. The summed E-state index contributed by atoms with van der Waals surface area (Å²) >= 11 is 0. The van der Waals surface area contributed by atoms with Crippen LogP contribution in [0.4, 0.5) is 0 Å². The van der Waals surface area contributed by atoms with Crippen molar-refractivity contribution >= 4 is 11.9 Å². The minimum Gasteiger partial charge on any atom is -0.462 e. The Morgan fingerprint density at radius 2 is 1.22 bits per heavy atom. The number of esters is 2. The second kappa shape index (κ2) is 18.7. The lowest BCUT2D eigenvalue weighted by molar-refractivity contribution is 0.0436. The van der Waals surface area contributed by atoms with Gasteiger partial charge in [-0.05, 0) is 37.3 Å². The average molecular weight is 449 g/mol. The molecule has 0 saturated heterocycles. The zero-order valence-corrected chi connectivity index (χ0v) is 20.5. The molecular formula is C27H44O5. The zero-order valence-electron chi connectivity index (χ0n) is 20.5. The summed E-state index contributed by atoms with van der Waals surface area (Å²) < 4.78 is 16.1. The van der Waals surface area contributed by atoms with E-state index in [0.29, 0.717) is 19.1 Å². The number of hydrogen-bond donors (Lipinski definition) is 0. The lowest BCUT2D eigenvalue weighted by Gasteiger charge is -2.16. The Morgan fingerprint density at radius 1 is 0.688 bits per heavy atom. The predicted octanol–water partition coefficient (Wildman–Crippen LogP) is 6.98. The topological polar surface area (TPSA) is 61.8 Å². The summed E-state index contributed by atoms with van der Waals surface area (Å²) in [5, 5.41) is 0. The first-order valence-electron chi connectivity index (χ1n) is 12.6. The van der Waals surface area contributed by atoms with Crippen molar-refractivity contribution in [1.29, 1.82) is 0 Å². The first-order valence-corrected chi connectivity index (χ1v) is 12.6. The fraction of sp³-hybridized carbons (Fsp3) is 0.704. The molecule has 5 heteroatoms. The van der Waals surface area contributed by atoms with Gasteiger partial charge >= 0.3 is 11.9 Å². The van der Waals surface area contributed by atoms with Gasteiger partial charge in [0.05, 0.1) is 24.3 Å². The maximum Gasteiger partial charge on any atom is 0.339 e. The Kier molecular flexibility index (Phi) is 16.4. The number of benzene rings is 1. The summed E-state index contributed by atoms with van der Waals surface area (Å²) in [6.45, 7) is 5.83. The van der Waals surface area contributed by atoms with Gasteiger partial charge in [-0.25, -0.2) is 9.59 Å². The number of unbranched alkanes of at least 4 members (excludes halogenated alkanes) is 7. The van der Waals surface area contributed by atoms with Gasteiger partial charge in [0.15, 0.2) is 0 Å². The molecule has 0 amide bonds. The van der Waals surface area contributed by atoms with Crippen molar-refractivity contribution in [2.24, 2.45) is 5.92 Å². The highest BCUT2D eigenvalue weighted by Crippen LogP contribution is 2.18. The molecule has 0 aliphatic carbocycles. The van der Waals surface area contributed by atoms with Gasteiger partial charge < -0.3 is 14.2 Å². The highest BCUT2D eigenvalue weighted by molar-refractivity contribution is 6.03. The third-order valence-corrected chi connectivity index (χ3v) is 5.80. The number of ether oxygens (including phenoxy) is 3. The lowest BCUT2D eigenvalue weighted by atomic mass is 9.96. The van der Waals surface area contributed by atoms with Crippen molar-refractivity contribution < 1.29 is 23.8 Å². The molecule has 32 heavy (non-hydrogen) atoms. The van der Waals surface area contributed by atoms with Crippen LogP contribution >= 0.6 is 0 Å². The molecule has 0 saturated carbocycles. The molecule has 1 aromatic carbocycles. The van der Waals surface area contributed by atoms with E-state index in [1.807, 2.05) is 0 Å². The maximum absolute atomic E-state index is 12.6. The zero-order chi connectivity index (χ0) is 23.4. The largest absolute Gasteiger partial charge is 0.462 e. The van der Waals surface area contributed by atoms with Crippen molar-refractivity contribution in [3.8, 4) is 0 Å². The van der Waals surface area contributed by atoms with Crippen LogP contribution < -0.4 is 0 Å². The molecule has 0 spiro atoms. The molecular weight excluding hydrogens is 404 g/mol. The van der Waals surface area contributed by atoms with E-state index in [1.165, 1.54) is 32.1 Å². The minimum atomic E-state index is -0.463. The van der Waals surface area contributed by atoms with Crippen molar-refractivity contribution in [3.63, 3.8) is 0 Å². The lowest BCUT2D eigenvalue weighted by Crippen LogP contribution is -2.16. The fourth-order valence-corrected chi connectivity index (χ4v) is 3.75. The van der Waals surface area contributed by atoms with Crippen LogP contribution in [0.2, 0.25) is 0 Å². The summed E-state index contributed by atoms with van der Waals surface area (Å²) in [7, 11) is 1.71. The van der Waals surface area contributed by atoms with Crippen LogP contribution in [0, 0.1) is 5.92 Å². The first-order chi connectivity index (χ1) is 15.6. The molecule has 0 aliphatic heterocycles. The van der Waals surface area contributed by atoms with E-state index in [2.05, 4.69) is 13.8 Å². The quantitative estimate of drug-likeness (QED) is 0.169. The molecule has 1 aromatic rings. The van der Waals surface area contributed by atoms with Crippen LogP contribution in [0.3, 0.4) is 0 Å². The van der Waals surface area contributed by atoms with Crippen LogP contribution in [0.1, 0.15) is 112 Å². The Balaban J connectivity index is 2.45. The van der Waals surface area contributed by atoms with Crippen molar-refractivity contribution in [3.05, 3.63) is 35.4 Å². The Morgan fingerprint density at radius 3 is 1.81 bits per heavy atom. The second-order valence-electron chi connectivity index (χ2n) is 8.52. The molecule has 0 N–H and O–H groups in total. The summed E-state index contributed by atoms with van der Waals surface area (Å²) in [5.74, 6) is -0.441. The number of hydrogen-bond acceptors (Lipinski definition) is 5. The van der Waals surface area contributed by atoms with Gasteiger partial charge in [-0.3, -0.25) is 0 Å². The summed E-state index contributed by atoms with van der Waals surface area (Å²) in [6, 6.07) is 6.75. The van der Waals surface area contributed by atoms with E-state index < -0.39 is 11.9 Å². The average Bonchev–Trinajstić information content (AvgIpc) is 2.81. The highest BCUT2D eigenvalue weighted by atomic mass is 16.5. The van der Waals surface area contributed by atoms with Gasteiger partial charge in [-0.1, -0.05) is 83.8 Å². The summed E-state index contributed by atoms with van der Waals surface area (Å²) in [4.78, 5) is 25.1. The fourth-order valence-electron chi connectivity index (χ4n) is 3.75. The molecule has 0 heterocycles. The molecule has 5 nitrogen and oxygen atoms in total. The van der Waals surface area contributed by atoms with Crippen LogP contribution in [0.5, 0.6) is 0 Å². The standard InChI is InChI=1S/C27H44O5/c1-4-6-8-9-10-11-14-20-31-26(28)24-16-12-13-17-25(24)27(29)32-22-19-23(15-7-5-2)18-21-30-3/h12-13,16-17,23H,4-11,14-15,18-22H2,1-3H3. The van der Waals surface area contributed by atoms with Crippen molar-refractivity contribution in [2.45, 2.75) is 90.9 Å². The second-order valence-corrected chi connectivity index (χ2v) is 8.52. The maximum atomic E-state index is 12.6. The monoisotopic (exact) mass is 448 g/mol. The van der Waals surface area contributed by atoms with Crippen LogP contribution in [0.15, 0.2) is 24.3 Å². The van der Waals surface area contributed by atoms with Crippen LogP contribution in [0.25, 0.3) is 0 Å². The third-order valence-electron chi connectivity index (χ3n) is 5.80. The molecule has 0 aromatic heterocycles. The van der Waals surface area contributed by atoms with E-state index >= 15 is 0 Å². The van der Waals surface area contributed by atoms with Gasteiger partial charge in [0.25, 0.3) is 0 Å². The van der Waals surface area contributed by atoms with Gasteiger partial charge in [0.2, 0.25) is 0 Å². The highest BCUT2D eigenvalue weighted by Gasteiger charge is 2.19. The molecule has 1 atom stereocenters. The molecule has 0 fully saturated rings. The molecule has 182 valence electrons. The number of methoxy groups -OCH3 is 1. The summed E-state index contributed by atoms with van der Waals surface area (Å²) in [6.07, 6.45) is 13.3. The van der Waals surface area contributed by atoms with Gasteiger partial charge in [0, 0.05) is 13.7 Å². The molecule has 1 unspecified atom stereocenters. The Bertz CT molecular complexity index is 620. The number of carbonyl (C=O) groups excluding carboxylic acids is 2. The first kappa shape index (κ1) is 28.2. The van der Waals surface area contributed by atoms with E-state index in [0.717, 1.165) is 51.6 Å². The molecule has 0 bridgehead atoms. The van der Waals surface area contributed by atoms with Crippen molar-refractivity contribution in [1.82, 2.24) is 0 Å². The number of rotatable bonds is 19. The van der Waals surface area contributed by atoms with E-state index in [-0.39, 0.29) is 11.1 Å². The van der Waals surface area contributed by atoms with Crippen LogP contribution in [-0.4, -0.2) is 38.9 Å².